The molecule has 2 aromatic carbocycles. The Labute approximate surface area is 145 Å². The lowest BCUT2D eigenvalue weighted by atomic mass is 10.1. The molecule has 1 heterocycles. The Morgan fingerprint density at radius 3 is 2.16 bits per heavy atom. The fraction of sp³-hybridized carbons (Fsp3) is 0.368. The molecule has 0 amide bonds. The first-order chi connectivity index (χ1) is 12.0. The van der Waals surface area contributed by atoms with E-state index in [2.05, 4.69) is 5.32 Å². The number of nitrogens with two attached hydrogens (primary N) is 1. The van der Waals surface area contributed by atoms with Gasteiger partial charge in [0.1, 0.15) is 0 Å². The molecule has 0 saturated carbocycles. The van der Waals surface area contributed by atoms with Crippen molar-refractivity contribution in [3.05, 3.63) is 53.6 Å². The number of nitrogens with one attached hydrogen (secondary N) is 1. The fourth-order valence-corrected chi connectivity index (χ4v) is 3.14. The van der Waals surface area contributed by atoms with Gasteiger partial charge in [-0.25, -0.2) is 0 Å². The third-order valence-electron chi connectivity index (χ3n) is 4.48. The third-order valence-corrected chi connectivity index (χ3v) is 4.48. The fourth-order valence-electron chi connectivity index (χ4n) is 3.14. The Balaban J connectivity index is 1.87. The maximum Gasteiger partial charge on any atom is 0.418 e. The quantitative estimate of drug-likeness (QED) is 0.825. The molecule has 0 spiro atoms. The van der Waals surface area contributed by atoms with E-state index in [1.165, 1.54) is 6.07 Å². The van der Waals surface area contributed by atoms with E-state index in [1.54, 1.807) is 12.1 Å². The van der Waals surface area contributed by atoms with E-state index in [4.69, 9.17) is 5.73 Å². The van der Waals surface area contributed by atoms with Crippen LogP contribution in [0.2, 0.25) is 0 Å². The Bertz CT molecular complexity index is 705. The molecule has 3 nitrogen and oxygen atoms in total. The number of piperidine rings is 1. The molecule has 1 aliphatic rings. The van der Waals surface area contributed by atoms with Gasteiger partial charge in [0.2, 0.25) is 0 Å². The Kier molecular flexibility index (Phi) is 5.18. The topological polar surface area (TPSA) is 41.3 Å². The van der Waals surface area contributed by atoms with Gasteiger partial charge in [-0.05, 0) is 55.2 Å². The molecule has 1 fully saturated rings. The predicted octanol–water partition coefficient (Wildman–Crippen LogP) is 4.90. The second-order valence-electron chi connectivity index (χ2n) is 6.30. The molecule has 0 unspecified atom stereocenters. The smallest absolute Gasteiger partial charge is 0.371 e. The van der Waals surface area contributed by atoms with E-state index < -0.39 is 11.7 Å². The summed E-state index contributed by atoms with van der Waals surface area (Å²) in [4.78, 5) is 1.84. The number of alkyl halides is 3. The first kappa shape index (κ1) is 17.6. The van der Waals surface area contributed by atoms with Crippen LogP contribution in [-0.4, -0.2) is 13.1 Å². The van der Waals surface area contributed by atoms with E-state index in [-0.39, 0.29) is 5.69 Å². The van der Waals surface area contributed by atoms with E-state index in [0.717, 1.165) is 30.5 Å². The van der Waals surface area contributed by atoms with Gasteiger partial charge >= 0.3 is 6.18 Å². The van der Waals surface area contributed by atoms with Crippen LogP contribution in [0.3, 0.4) is 0 Å². The minimum atomic E-state index is -4.38. The Morgan fingerprint density at radius 1 is 0.920 bits per heavy atom. The zero-order valence-corrected chi connectivity index (χ0v) is 13.9. The minimum Gasteiger partial charge on any atom is -0.371 e. The molecule has 25 heavy (non-hydrogen) atoms. The number of benzene rings is 2. The molecule has 1 saturated heterocycles. The van der Waals surface area contributed by atoms with E-state index >= 15 is 0 Å². The summed E-state index contributed by atoms with van der Waals surface area (Å²) in [5, 5.41) is 3.04. The first-order valence-electron chi connectivity index (χ1n) is 8.49. The predicted molar refractivity (Wildman–Crippen MR) is 95.1 cm³/mol. The molecule has 0 aliphatic carbocycles. The van der Waals surface area contributed by atoms with Gasteiger partial charge in [-0.3, -0.25) is 0 Å². The number of rotatable bonds is 4. The largest absolute Gasteiger partial charge is 0.418 e. The van der Waals surface area contributed by atoms with Gasteiger partial charge in [-0.1, -0.05) is 12.1 Å². The number of nitrogens with zero attached hydrogens (tertiary/aromatic N) is 1. The van der Waals surface area contributed by atoms with Crippen molar-refractivity contribution in [1.82, 2.24) is 0 Å². The summed E-state index contributed by atoms with van der Waals surface area (Å²) in [6.07, 6.45) is -1.43. The number of halogens is 3. The van der Waals surface area contributed by atoms with Crippen LogP contribution in [0.15, 0.2) is 42.5 Å². The molecule has 0 bridgehead atoms. The van der Waals surface area contributed by atoms with Crippen molar-refractivity contribution < 1.29 is 13.2 Å². The molecule has 0 radical (unpaired) electrons. The first-order valence-corrected chi connectivity index (χ1v) is 8.49. The van der Waals surface area contributed by atoms with Crippen molar-refractivity contribution >= 4 is 17.1 Å². The van der Waals surface area contributed by atoms with Crippen LogP contribution >= 0.6 is 0 Å². The number of anilines is 3. The summed E-state index contributed by atoms with van der Waals surface area (Å²) < 4.78 is 40.7. The molecular formula is C19H22F3N3. The summed E-state index contributed by atoms with van der Waals surface area (Å²) >= 11 is 0. The van der Waals surface area contributed by atoms with Gasteiger partial charge in [0.25, 0.3) is 0 Å². The highest BCUT2D eigenvalue weighted by atomic mass is 19.4. The SMILES string of the molecule is NCc1ccc(Nc2ccc(N3CCCCC3)c(C(F)(F)F)c2)cc1. The average molecular weight is 349 g/mol. The number of hydrogen-bond acceptors (Lipinski definition) is 3. The molecule has 3 N–H and O–H groups in total. The molecule has 3 rings (SSSR count). The van der Waals surface area contributed by atoms with Crippen LogP contribution in [0.1, 0.15) is 30.4 Å². The summed E-state index contributed by atoms with van der Waals surface area (Å²) in [7, 11) is 0. The highest BCUT2D eigenvalue weighted by Gasteiger charge is 2.35. The lowest BCUT2D eigenvalue weighted by Crippen LogP contribution is -2.31. The normalized spacial score (nSPS) is 15.3. The molecule has 2 aromatic rings. The summed E-state index contributed by atoms with van der Waals surface area (Å²) in [5.41, 5.74) is 7.38. The molecule has 0 aromatic heterocycles. The van der Waals surface area contributed by atoms with Crippen LogP contribution in [-0.2, 0) is 12.7 Å². The highest BCUT2D eigenvalue weighted by Crippen LogP contribution is 2.39. The van der Waals surface area contributed by atoms with Gasteiger partial charge < -0.3 is 16.0 Å². The molecule has 0 atom stereocenters. The van der Waals surface area contributed by atoms with E-state index in [0.29, 0.717) is 25.3 Å². The average Bonchev–Trinajstić information content (AvgIpc) is 2.62. The van der Waals surface area contributed by atoms with Gasteiger partial charge in [-0.15, -0.1) is 0 Å². The number of hydrogen-bond donors (Lipinski definition) is 2. The maximum atomic E-state index is 13.6. The highest BCUT2D eigenvalue weighted by molar-refractivity contribution is 5.67. The standard InChI is InChI=1S/C19H22F3N3/c20-19(21,22)17-12-16(24-15-6-4-14(13-23)5-7-15)8-9-18(17)25-10-2-1-3-11-25/h4-9,12,24H,1-3,10-11,13,23H2. The van der Waals surface area contributed by atoms with E-state index in [1.807, 2.05) is 29.2 Å². The van der Waals surface area contributed by atoms with Gasteiger partial charge in [0.05, 0.1) is 5.56 Å². The van der Waals surface area contributed by atoms with Crippen molar-refractivity contribution in [2.75, 3.05) is 23.3 Å². The summed E-state index contributed by atoms with van der Waals surface area (Å²) in [6.45, 7) is 1.79. The van der Waals surface area contributed by atoms with E-state index in [9.17, 15) is 13.2 Å². The summed E-state index contributed by atoms with van der Waals surface area (Å²) in [5.74, 6) is 0. The monoisotopic (exact) mass is 349 g/mol. The van der Waals surface area contributed by atoms with Crippen LogP contribution in [0, 0.1) is 0 Å². The van der Waals surface area contributed by atoms with Crippen LogP contribution in [0.4, 0.5) is 30.2 Å². The second-order valence-corrected chi connectivity index (χ2v) is 6.30. The van der Waals surface area contributed by atoms with Crippen molar-refractivity contribution in [1.29, 1.82) is 0 Å². The second kappa shape index (κ2) is 7.35. The Hall–Kier alpha value is -2.21. The lowest BCUT2D eigenvalue weighted by molar-refractivity contribution is -0.137. The van der Waals surface area contributed by atoms with Gasteiger partial charge in [0.15, 0.2) is 0 Å². The molecular weight excluding hydrogens is 327 g/mol. The Morgan fingerprint density at radius 2 is 1.56 bits per heavy atom. The minimum absolute atomic E-state index is 0.274. The molecule has 1 aliphatic heterocycles. The van der Waals surface area contributed by atoms with Crippen molar-refractivity contribution in [3.63, 3.8) is 0 Å². The summed E-state index contributed by atoms with van der Waals surface area (Å²) in [6, 6.07) is 11.8. The van der Waals surface area contributed by atoms with Crippen molar-refractivity contribution in [2.45, 2.75) is 32.0 Å². The van der Waals surface area contributed by atoms with Gasteiger partial charge in [-0.2, -0.15) is 13.2 Å². The van der Waals surface area contributed by atoms with Crippen LogP contribution in [0.5, 0.6) is 0 Å². The van der Waals surface area contributed by atoms with Gasteiger partial charge in [0, 0.05) is 36.7 Å². The van der Waals surface area contributed by atoms with Crippen molar-refractivity contribution in [3.8, 4) is 0 Å². The lowest BCUT2D eigenvalue weighted by Gasteiger charge is -2.31. The van der Waals surface area contributed by atoms with Crippen molar-refractivity contribution in [2.24, 2.45) is 5.73 Å². The zero-order chi connectivity index (χ0) is 17.9. The van der Waals surface area contributed by atoms with Crippen LogP contribution < -0.4 is 16.0 Å². The molecule has 134 valence electrons. The van der Waals surface area contributed by atoms with Crippen LogP contribution in [0.25, 0.3) is 0 Å². The maximum absolute atomic E-state index is 13.6. The molecule has 6 heteroatoms. The zero-order valence-electron chi connectivity index (χ0n) is 13.9. The third kappa shape index (κ3) is 4.25.